The Morgan fingerprint density at radius 1 is 1.20 bits per heavy atom. The van der Waals surface area contributed by atoms with E-state index >= 15 is 0 Å². The molecule has 1 aromatic carbocycles. The van der Waals surface area contributed by atoms with Crippen molar-refractivity contribution in [2.45, 2.75) is 46.1 Å². The maximum atomic E-state index is 13.7. The number of hydrogen-bond donors (Lipinski definition) is 0. The molecule has 206 valence electrons. The summed E-state index contributed by atoms with van der Waals surface area (Å²) in [4.78, 5) is 29.6. The minimum atomic E-state index is -0.476. The molecule has 3 aromatic heterocycles. The molecule has 0 amide bonds. The highest BCUT2D eigenvalue weighted by Gasteiger charge is 2.44. The van der Waals surface area contributed by atoms with Crippen molar-refractivity contribution >= 4 is 28.5 Å². The summed E-state index contributed by atoms with van der Waals surface area (Å²) < 4.78 is 19.0. The molecule has 1 aliphatic carbocycles. The molecule has 10 nitrogen and oxygen atoms in total. The average Bonchev–Trinajstić information content (AvgIpc) is 3.61. The molecule has 0 saturated heterocycles. The van der Waals surface area contributed by atoms with E-state index in [9.17, 15) is 4.79 Å². The Morgan fingerprint density at radius 2 is 2.02 bits per heavy atom. The van der Waals surface area contributed by atoms with Crippen LogP contribution in [0.25, 0.3) is 5.65 Å². The molecular weight excluding hydrogens is 530 g/mol. The zero-order valence-electron chi connectivity index (χ0n) is 22.9. The van der Waals surface area contributed by atoms with Crippen LogP contribution in [0.3, 0.4) is 0 Å². The lowest BCUT2D eigenvalue weighted by atomic mass is 9.70. The van der Waals surface area contributed by atoms with Gasteiger partial charge in [0, 0.05) is 18.4 Å². The van der Waals surface area contributed by atoms with E-state index < -0.39 is 5.92 Å². The quantitative estimate of drug-likeness (QED) is 0.221. The van der Waals surface area contributed by atoms with E-state index in [1.54, 1.807) is 36.4 Å². The van der Waals surface area contributed by atoms with Gasteiger partial charge in [0.2, 0.25) is 5.88 Å². The van der Waals surface area contributed by atoms with Gasteiger partial charge in [-0.15, -0.1) is 16.4 Å². The molecule has 0 saturated carbocycles. The molecule has 0 radical (unpaired) electrons. The minimum Gasteiger partial charge on any atom is -0.493 e. The molecule has 40 heavy (non-hydrogen) atoms. The fourth-order valence-electron chi connectivity index (χ4n) is 5.33. The van der Waals surface area contributed by atoms with Gasteiger partial charge in [0.25, 0.3) is 0 Å². The number of fused-ring (bicyclic) bond motifs is 3. The van der Waals surface area contributed by atoms with Gasteiger partial charge in [-0.2, -0.15) is 0 Å². The molecule has 6 rings (SSSR count). The van der Waals surface area contributed by atoms with Crippen molar-refractivity contribution in [2.75, 3.05) is 14.2 Å². The molecule has 2 aliphatic rings. The van der Waals surface area contributed by atoms with Crippen molar-refractivity contribution in [2.24, 2.45) is 10.6 Å². The van der Waals surface area contributed by atoms with E-state index in [0.29, 0.717) is 58.6 Å². The number of benzene rings is 1. The van der Waals surface area contributed by atoms with Gasteiger partial charge in [0.05, 0.1) is 36.3 Å². The maximum absolute atomic E-state index is 13.7. The summed E-state index contributed by atoms with van der Waals surface area (Å²) in [6.07, 6.45) is 2.60. The number of methoxy groups -OCH3 is 2. The van der Waals surface area contributed by atoms with Crippen LogP contribution in [0, 0.1) is 5.41 Å². The first kappa shape index (κ1) is 26.0. The largest absolute Gasteiger partial charge is 0.493 e. The standard InChI is InChI=1S/C29H29N5O5S/c1-16(22-7-6-10-40-22)33-38-14-23-31-27-26-24(17-8-9-19(36-4)20(11-17)37-5)25-18(35)12-29(2,3)13-21(25)39-28(26)30-15-34(27)32-23/h6-11,15,24H,12-14H2,1-5H3/b33-16-/t24-/m1/s1. The van der Waals surface area contributed by atoms with Crippen molar-refractivity contribution in [1.29, 1.82) is 0 Å². The van der Waals surface area contributed by atoms with Crippen molar-refractivity contribution in [1.82, 2.24) is 19.6 Å². The van der Waals surface area contributed by atoms with Crippen LogP contribution < -0.4 is 14.2 Å². The van der Waals surface area contributed by atoms with Gasteiger partial charge >= 0.3 is 0 Å². The van der Waals surface area contributed by atoms with Gasteiger partial charge < -0.3 is 19.0 Å². The number of hydrogen-bond acceptors (Lipinski definition) is 10. The number of carbonyl (C=O) groups excluding carboxylic acids is 1. The van der Waals surface area contributed by atoms with Crippen LogP contribution in [0.5, 0.6) is 17.4 Å². The van der Waals surface area contributed by atoms with Crippen LogP contribution in [-0.4, -0.2) is 45.3 Å². The zero-order valence-corrected chi connectivity index (χ0v) is 23.7. The molecule has 11 heteroatoms. The molecule has 4 aromatic rings. The van der Waals surface area contributed by atoms with E-state index in [1.807, 2.05) is 42.6 Å². The molecule has 1 aliphatic heterocycles. The number of rotatable bonds is 7. The monoisotopic (exact) mass is 559 g/mol. The van der Waals surface area contributed by atoms with Crippen molar-refractivity contribution in [3.63, 3.8) is 0 Å². The Bertz CT molecular complexity index is 1670. The topological polar surface area (TPSA) is 109 Å². The summed E-state index contributed by atoms with van der Waals surface area (Å²) in [5, 5.41) is 10.8. The fraction of sp³-hybridized carbons (Fsp3) is 0.345. The highest BCUT2D eigenvalue weighted by Crippen LogP contribution is 2.51. The molecule has 0 fully saturated rings. The van der Waals surface area contributed by atoms with E-state index in [1.165, 1.54) is 0 Å². The van der Waals surface area contributed by atoms with Gasteiger partial charge in [-0.1, -0.05) is 31.1 Å². The van der Waals surface area contributed by atoms with Crippen LogP contribution in [0.15, 0.2) is 58.5 Å². The summed E-state index contributed by atoms with van der Waals surface area (Å²) in [5.41, 5.74) is 3.21. The SMILES string of the molecule is COc1ccc([C@@H]2C3=C(CC(C)(C)CC3=O)Oc3ncn4nc(CO/N=C(/C)c5cccs5)nc4c32)cc1OC. The van der Waals surface area contributed by atoms with Gasteiger partial charge in [-0.25, -0.2) is 14.5 Å². The van der Waals surface area contributed by atoms with E-state index in [2.05, 4.69) is 29.1 Å². The highest BCUT2D eigenvalue weighted by molar-refractivity contribution is 7.12. The van der Waals surface area contributed by atoms with Crippen LogP contribution >= 0.6 is 11.3 Å². The fourth-order valence-corrected chi connectivity index (χ4v) is 6.00. The highest BCUT2D eigenvalue weighted by atomic mass is 32.1. The summed E-state index contributed by atoms with van der Waals surface area (Å²) in [6.45, 7) is 6.11. The van der Waals surface area contributed by atoms with Crippen molar-refractivity contribution in [3.05, 3.63) is 75.2 Å². The Labute approximate surface area is 235 Å². The van der Waals surface area contributed by atoms with Crippen LogP contribution in [0.1, 0.15) is 61.4 Å². The third-order valence-corrected chi connectivity index (χ3v) is 8.10. The number of thiophene rings is 1. The maximum Gasteiger partial charge on any atom is 0.228 e. The van der Waals surface area contributed by atoms with Crippen molar-refractivity contribution in [3.8, 4) is 17.4 Å². The van der Waals surface area contributed by atoms with E-state index in [4.69, 9.17) is 24.0 Å². The molecular formula is C29H29N5O5S. The number of Topliss-reactive ketones (excluding diaryl/α,β-unsaturated/α-hetero) is 1. The Morgan fingerprint density at radius 3 is 2.77 bits per heavy atom. The molecule has 1 atom stereocenters. The normalized spacial score (nSPS) is 18.3. The Kier molecular flexibility index (Phi) is 6.53. The molecule has 0 bridgehead atoms. The summed E-state index contributed by atoms with van der Waals surface area (Å²) in [6, 6.07) is 9.62. The predicted molar refractivity (Wildman–Crippen MR) is 149 cm³/mol. The predicted octanol–water partition coefficient (Wildman–Crippen LogP) is 5.31. The average molecular weight is 560 g/mol. The second-order valence-electron chi connectivity index (χ2n) is 10.6. The molecule has 0 spiro atoms. The molecule has 0 N–H and O–H groups in total. The van der Waals surface area contributed by atoms with E-state index in [0.717, 1.165) is 16.2 Å². The Balaban J connectivity index is 1.44. The van der Waals surface area contributed by atoms with Crippen LogP contribution in [-0.2, 0) is 16.2 Å². The summed E-state index contributed by atoms with van der Waals surface area (Å²) in [5.74, 6) is 2.21. The number of allylic oxidation sites excluding steroid dienone is 2. The van der Waals surface area contributed by atoms with Crippen molar-refractivity contribution < 1.29 is 23.8 Å². The molecule has 4 heterocycles. The van der Waals surface area contributed by atoms with Gasteiger partial charge in [-0.3, -0.25) is 4.79 Å². The third kappa shape index (κ3) is 4.60. The van der Waals surface area contributed by atoms with Gasteiger partial charge in [0.1, 0.15) is 12.1 Å². The first-order chi connectivity index (χ1) is 19.3. The number of ketones is 1. The summed E-state index contributed by atoms with van der Waals surface area (Å²) >= 11 is 1.59. The van der Waals surface area contributed by atoms with Gasteiger partial charge in [-0.05, 0) is 41.5 Å². The number of oxime groups is 1. The lowest BCUT2D eigenvalue weighted by Gasteiger charge is -2.37. The summed E-state index contributed by atoms with van der Waals surface area (Å²) in [7, 11) is 3.18. The third-order valence-electron chi connectivity index (χ3n) is 7.12. The van der Waals surface area contributed by atoms with Crippen LogP contribution in [0.2, 0.25) is 0 Å². The Hall–Kier alpha value is -4.25. The number of ether oxygens (including phenoxy) is 3. The first-order valence-electron chi connectivity index (χ1n) is 12.9. The van der Waals surface area contributed by atoms with Gasteiger partial charge in [0.15, 0.2) is 35.4 Å². The zero-order chi connectivity index (χ0) is 28.0. The number of aromatic nitrogens is 4. The van der Waals surface area contributed by atoms with E-state index in [-0.39, 0.29) is 17.8 Å². The number of carbonyl (C=O) groups is 1. The number of nitrogens with zero attached hydrogens (tertiary/aromatic N) is 5. The van der Waals surface area contributed by atoms with Crippen LogP contribution in [0.4, 0.5) is 0 Å². The minimum absolute atomic E-state index is 0.0418. The first-order valence-corrected chi connectivity index (χ1v) is 13.8. The molecule has 0 unspecified atom stereocenters. The lowest BCUT2D eigenvalue weighted by Crippen LogP contribution is -2.33. The second-order valence-corrected chi connectivity index (χ2v) is 11.6. The second kappa shape index (κ2) is 10.1. The lowest BCUT2D eigenvalue weighted by molar-refractivity contribution is -0.118. The smallest absolute Gasteiger partial charge is 0.228 e.